The van der Waals surface area contributed by atoms with Gasteiger partial charge in [0, 0.05) is 32.9 Å². The van der Waals surface area contributed by atoms with Crippen molar-refractivity contribution < 1.29 is 14.2 Å². The molecule has 17 heavy (non-hydrogen) atoms. The fourth-order valence-electron chi connectivity index (χ4n) is 1.83. The van der Waals surface area contributed by atoms with Crippen LogP contribution in [0.1, 0.15) is 25.0 Å². The topological polar surface area (TPSA) is 32.7 Å². The van der Waals surface area contributed by atoms with Crippen molar-refractivity contribution in [3.05, 3.63) is 29.6 Å². The van der Waals surface area contributed by atoms with E-state index in [2.05, 4.69) is 0 Å². The van der Waals surface area contributed by atoms with Gasteiger partial charge in [0.1, 0.15) is 5.82 Å². The molecule has 96 valence electrons. The van der Waals surface area contributed by atoms with Gasteiger partial charge in [-0.25, -0.2) is 4.39 Å². The van der Waals surface area contributed by atoms with E-state index in [1.165, 1.54) is 6.07 Å². The van der Waals surface area contributed by atoms with Gasteiger partial charge in [-0.15, -0.1) is 0 Å². The van der Waals surface area contributed by atoms with Crippen LogP contribution in [0.5, 0.6) is 0 Å². The van der Waals surface area contributed by atoms with Gasteiger partial charge in [0.2, 0.25) is 0 Å². The molecule has 0 unspecified atom stereocenters. The maximum absolute atomic E-state index is 13.8. The number of anilines is 1. The first kappa shape index (κ1) is 13.9. The highest BCUT2D eigenvalue weighted by molar-refractivity contribution is 5.55. The summed E-state index contributed by atoms with van der Waals surface area (Å²) in [6.45, 7) is 2.97. The number of methoxy groups -OCH3 is 1. The Hall–Kier alpha value is -1.13. The number of hydrogen-bond acceptors (Lipinski definition) is 3. The zero-order chi connectivity index (χ0) is 12.8. The summed E-state index contributed by atoms with van der Waals surface area (Å²) in [5, 5.41) is 9.63. The Bertz CT molecular complexity index is 355. The number of para-hydroxylation sites is 1. The van der Waals surface area contributed by atoms with Gasteiger partial charge >= 0.3 is 0 Å². The lowest BCUT2D eigenvalue weighted by atomic mass is 10.1. The van der Waals surface area contributed by atoms with Crippen LogP contribution in [0.25, 0.3) is 0 Å². The van der Waals surface area contributed by atoms with E-state index >= 15 is 0 Å². The largest absolute Gasteiger partial charge is 0.389 e. The lowest BCUT2D eigenvalue weighted by molar-refractivity contribution is 0.195. The van der Waals surface area contributed by atoms with Gasteiger partial charge < -0.3 is 14.7 Å². The van der Waals surface area contributed by atoms with Crippen LogP contribution < -0.4 is 4.90 Å². The molecule has 0 bridgehead atoms. The molecule has 0 aromatic heterocycles. The first-order chi connectivity index (χ1) is 8.07. The number of rotatable bonds is 6. The first-order valence-electron chi connectivity index (χ1n) is 5.74. The van der Waals surface area contributed by atoms with Crippen LogP contribution in [-0.2, 0) is 4.74 Å². The highest BCUT2D eigenvalue weighted by Gasteiger charge is 2.15. The first-order valence-corrected chi connectivity index (χ1v) is 5.74. The second-order valence-electron chi connectivity index (χ2n) is 4.12. The van der Waals surface area contributed by atoms with E-state index in [1.807, 2.05) is 11.9 Å². The molecule has 0 aliphatic heterocycles. The summed E-state index contributed by atoms with van der Waals surface area (Å²) in [7, 11) is 3.46. The van der Waals surface area contributed by atoms with Gasteiger partial charge in [-0.1, -0.05) is 12.1 Å². The Balaban J connectivity index is 2.87. The Morgan fingerprint density at radius 3 is 2.76 bits per heavy atom. The molecule has 4 heteroatoms. The normalized spacial score (nSPS) is 12.5. The van der Waals surface area contributed by atoms with Crippen molar-refractivity contribution >= 4 is 5.69 Å². The highest BCUT2D eigenvalue weighted by Crippen LogP contribution is 2.28. The average Bonchev–Trinajstić information content (AvgIpc) is 2.28. The SMILES string of the molecule is COCCCN(C)c1c(F)cccc1[C@H](C)O. The molecular weight excluding hydrogens is 221 g/mol. The summed E-state index contributed by atoms with van der Waals surface area (Å²) in [6.07, 6.45) is 0.145. The fourth-order valence-corrected chi connectivity index (χ4v) is 1.83. The molecule has 1 aromatic carbocycles. The summed E-state index contributed by atoms with van der Waals surface area (Å²) in [5.74, 6) is -0.302. The average molecular weight is 241 g/mol. The van der Waals surface area contributed by atoms with E-state index in [0.717, 1.165) is 6.42 Å². The van der Waals surface area contributed by atoms with E-state index in [9.17, 15) is 9.50 Å². The van der Waals surface area contributed by atoms with Gasteiger partial charge in [0.05, 0.1) is 11.8 Å². The third kappa shape index (κ3) is 3.68. The van der Waals surface area contributed by atoms with Crippen LogP contribution in [0.15, 0.2) is 18.2 Å². The van der Waals surface area contributed by atoms with Crippen molar-refractivity contribution in [1.29, 1.82) is 0 Å². The minimum atomic E-state index is -0.675. The minimum Gasteiger partial charge on any atom is -0.389 e. The molecule has 3 nitrogen and oxygen atoms in total. The Kier molecular flexibility index (Phi) is 5.38. The number of nitrogens with zero attached hydrogens (tertiary/aromatic N) is 1. The zero-order valence-electron chi connectivity index (χ0n) is 10.6. The Labute approximate surface area is 102 Å². The second kappa shape index (κ2) is 6.57. The quantitative estimate of drug-likeness (QED) is 0.776. The maximum atomic E-state index is 13.8. The van der Waals surface area contributed by atoms with Gasteiger partial charge in [-0.2, -0.15) is 0 Å². The summed E-state index contributed by atoms with van der Waals surface area (Å²) < 4.78 is 18.8. The van der Waals surface area contributed by atoms with Crippen LogP contribution in [0.2, 0.25) is 0 Å². The van der Waals surface area contributed by atoms with E-state index in [1.54, 1.807) is 26.2 Å². The van der Waals surface area contributed by atoms with E-state index < -0.39 is 6.10 Å². The van der Waals surface area contributed by atoms with Crippen molar-refractivity contribution in [2.24, 2.45) is 0 Å². The number of ether oxygens (including phenoxy) is 1. The zero-order valence-corrected chi connectivity index (χ0v) is 10.6. The standard InChI is InChI=1S/C13H20FNO2/c1-10(16)11-6-4-7-12(14)13(11)15(2)8-5-9-17-3/h4,6-7,10,16H,5,8-9H2,1-3H3/t10-/m0/s1. The van der Waals surface area contributed by atoms with Crippen molar-refractivity contribution in [1.82, 2.24) is 0 Å². The van der Waals surface area contributed by atoms with Crippen molar-refractivity contribution in [3.63, 3.8) is 0 Å². The molecule has 0 saturated heterocycles. The van der Waals surface area contributed by atoms with Crippen molar-refractivity contribution in [2.45, 2.75) is 19.4 Å². The predicted molar refractivity (Wildman–Crippen MR) is 66.8 cm³/mol. The lowest BCUT2D eigenvalue weighted by Gasteiger charge is -2.24. The minimum absolute atomic E-state index is 0.302. The maximum Gasteiger partial charge on any atom is 0.146 e. The third-order valence-electron chi connectivity index (χ3n) is 2.69. The number of hydrogen-bond donors (Lipinski definition) is 1. The van der Waals surface area contributed by atoms with Gasteiger partial charge in [0.25, 0.3) is 0 Å². The predicted octanol–water partition coefficient (Wildman–Crippen LogP) is 2.35. The Morgan fingerprint density at radius 1 is 1.47 bits per heavy atom. The fraction of sp³-hybridized carbons (Fsp3) is 0.538. The van der Waals surface area contributed by atoms with Gasteiger partial charge in [-0.05, 0) is 19.4 Å². The molecule has 1 atom stereocenters. The Morgan fingerprint density at radius 2 is 2.18 bits per heavy atom. The van der Waals surface area contributed by atoms with Gasteiger partial charge in [-0.3, -0.25) is 0 Å². The van der Waals surface area contributed by atoms with Crippen molar-refractivity contribution in [3.8, 4) is 0 Å². The summed E-state index contributed by atoms with van der Waals surface area (Å²) in [4.78, 5) is 1.82. The van der Waals surface area contributed by atoms with Crippen LogP contribution in [0.4, 0.5) is 10.1 Å². The summed E-state index contributed by atoms with van der Waals surface area (Å²) in [6, 6.07) is 4.77. The molecule has 0 radical (unpaired) electrons. The van der Waals surface area contributed by atoms with Crippen molar-refractivity contribution in [2.75, 3.05) is 32.2 Å². The smallest absolute Gasteiger partial charge is 0.146 e. The lowest BCUT2D eigenvalue weighted by Crippen LogP contribution is -2.22. The summed E-state index contributed by atoms with van der Waals surface area (Å²) in [5.41, 5.74) is 1.09. The number of aliphatic hydroxyl groups excluding tert-OH is 1. The molecule has 0 amide bonds. The molecule has 1 rings (SSSR count). The van der Waals surface area contributed by atoms with E-state index in [4.69, 9.17) is 4.74 Å². The summed E-state index contributed by atoms with van der Waals surface area (Å²) >= 11 is 0. The van der Waals surface area contributed by atoms with Crippen LogP contribution in [0, 0.1) is 5.82 Å². The molecule has 0 aliphatic carbocycles. The molecule has 1 aromatic rings. The molecule has 0 spiro atoms. The number of benzene rings is 1. The number of halogens is 1. The third-order valence-corrected chi connectivity index (χ3v) is 2.69. The molecule has 0 heterocycles. The van der Waals surface area contributed by atoms with Gasteiger partial charge in [0.15, 0.2) is 0 Å². The molecule has 0 saturated carbocycles. The van der Waals surface area contributed by atoms with E-state index in [-0.39, 0.29) is 5.82 Å². The van der Waals surface area contributed by atoms with Crippen LogP contribution >= 0.6 is 0 Å². The molecule has 1 N–H and O–H groups in total. The number of aliphatic hydroxyl groups is 1. The van der Waals surface area contributed by atoms with Crippen LogP contribution in [0.3, 0.4) is 0 Å². The molecule has 0 fully saturated rings. The van der Waals surface area contributed by atoms with E-state index in [0.29, 0.717) is 24.4 Å². The highest BCUT2D eigenvalue weighted by atomic mass is 19.1. The monoisotopic (exact) mass is 241 g/mol. The second-order valence-corrected chi connectivity index (χ2v) is 4.12. The molecule has 0 aliphatic rings. The van der Waals surface area contributed by atoms with Crippen LogP contribution in [-0.4, -0.2) is 32.4 Å². The molecular formula is C13H20FNO2.